The Bertz CT molecular complexity index is 387. The topological polar surface area (TPSA) is 77.4 Å². The van der Waals surface area contributed by atoms with Crippen molar-refractivity contribution in [3.05, 3.63) is 0 Å². The maximum absolute atomic E-state index is 11.1. The standard InChI is InChI=1S/C20H42O4S.K/c1-3-16-20(25(22,23)24)18-15-13-11-9-7-5-6-8-10-12-14-17-19(21)4-2;/h19-21H,3-18H2,1-2H3,(H,22,23,24);/q;+1/p-1. The van der Waals surface area contributed by atoms with E-state index in [1.165, 1.54) is 44.9 Å². The molecule has 0 heterocycles. The molecule has 0 aliphatic carbocycles. The van der Waals surface area contributed by atoms with Gasteiger partial charge in [-0.25, -0.2) is 8.42 Å². The quantitative estimate of drug-likeness (QED) is 0.212. The van der Waals surface area contributed by atoms with E-state index in [2.05, 4.69) is 0 Å². The van der Waals surface area contributed by atoms with E-state index in [1.54, 1.807) is 0 Å². The summed E-state index contributed by atoms with van der Waals surface area (Å²) in [7, 11) is -4.11. The van der Waals surface area contributed by atoms with E-state index < -0.39 is 15.4 Å². The van der Waals surface area contributed by atoms with Crippen LogP contribution in [0.15, 0.2) is 0 Å². The van der Waals surface area contributed by atoms with E-state index in [9.17, 15) is 18.1 Å². The summed E-state index contributed by atoms with van der Waals surface area (Å²) in [6.07, 6.45) is 16.5. The molecule has 2 unspecified atom stereocenters. The van der Waals surface area contributed by atoms with E-state index in [1.807, 2.05) is 13.8 Å². The Morgan fingerprint density at radius 3 is 1.46 bits per heavy atom. The van der Waals surface area contributed by atoms with Crippen LogP contribution < -0.4 is 51.4 Å². The van der Waals surface area contributed by atoms with Crippen molar-refractivity contribution < 1.29 is 69.5 Å². The van der Waals surface area contributed by atoms with Crippen LogP contribution in [-0.2, 0) is 10.1 Å². The summed E-state index contributed by atoms with van der Waals surface area (Å²) in [6, 6.07) is 0. The third-order valence-corrected chi connectivity index (χ3v) is 6.34. The van der Waals surface area contributed by atoms with Crippen LogP contribution in [0, 0.1) is 0 Å². The minimum absolute atomic E-state index is 0. The predicted octanol–water partition coefficient (Wildman–Crippen LogP) is 2.55. The third kappa shape index (κ3) is 18.9. The molecule has 0 aromatic heterocycles. The van der Waals surface area contributed by atoms with Crippen LogP contribution >= 0.6 is 0 Å². The van der Waals surface area contributed by atoms with Crippen molar-refractivity contribution in [2.75, 3.05) is 0 Å². The van der Waals surface area contributed by atoms with Gasteiger partial charge in [0.25, 0.3) is 0 Å². The van der Waals surface area contributed by atoms with Gasteiger partial charge in [-0.05, 0) is 25.7 Å². The van der Waals surface area contributed by atoms with Crippen molar-refractivity contribution in [2.45, 2.75) is 128 Å². The monoisotopic (exact) mass is 416 g/mol. The smallest absolute Gasteiger partial charge is 0.748 e. The van der Waals surface area contributed by atoms with E-state index in [0.29, 0.717) is 12.8 Å². The Kier molecular flexibility index (Phi) is 22.6. The molecule has 0 aromatic carbocycles. The minimum Gasteiger partial charge on any atom is -0.748 e. The molecule has 0 spiro atoms. The first-order valence-corrected chi connectivity index (χ1v) is 12.0. The second-order valence-electron chi connectivity index (χ2n) is 7.43. The molecule has 2 atom stereocenters. The van der Waals surface area contributed by atoms with Crippen molar-refractivity contribution in [3.63, 3.8) is 0 Å². The molecule has 0 radical (unpaired) electrons. The van der Waals surface area contributed by atoms with Crippen LogP contribution in [-0.4, -0.2) is 29.4 Å². The van der Waals surface area contributed by atoms with E-state index in [0.717, 1.165) is 44.9 Å². The number of hydrogen-bond acceptors (Lipinski definition) is 4. The predicted molar refractivity (Wildman–Crippen MR) is 105 cm³/mol. The van der Waals surface area contributed by atoms with Crippen molar-refractivity contribution >= 4 is 10.1 Å². The molecule has 0 bridgehead atoms. The summed E-state index contributed by atoms with van der Waals surface area (Å²) in [4.78, 5) is 0. The fourth-order valence-corrected chi connectivity index (χ4v) is 4.28. The molecule has 26 heavy (non-hydrogen) atoms. The molecule has 0 aliphatic heterocycles. The second-order valence-corrected chi connectivity index (χ2v) is 9.08. The molecule has 0 aliphatic rings. The molecule has 152 valence electrons. The number of aliphatic hydroxyl groups excluding tert-OH is 1. The SMILES string of the molecule is CCCC(CCCCCCCCCCCCCC(O)CC)S(=O)(=O)[O-].[K+]. The zero-order valence-electron chi connectivity index (χ0n) is 17.5. The third-order valence-electron chi connectivity index (χ3n) is 5.05. The summed E-state index contributed by atoms with van der Waals surface area (Å²) < 4.78 is 33.4. The normalized spacial score (nSPS) is 14.0. The van der Waals surface area contributed by atoms with Gasteiger partial charge in [-0.2, -0.15) is 0 Å². The van der Waals surface area contributed by atoms with Gasteiger partial charge in [0.15, 0.2) is 0 Å². The van der Waals surface area contributed by atoms with E-state index >= 15 is 0 Å². The summed E-state index contributed by atoms with van der Waals surface area (Å²) in [5.74, 6) is 0. The van der Waals surface area contributed by atoms with Crippen LogP contribution in [0.5, 0.6) is 0 Å². The molecule has 0 amide bonds. The van der Waals surface area contributed by atoms with Crippen molar-refractivity contribution in [1.82, 2.24) is 0 Å². The maximum atomic E-state index is 11.1. The molecule has 0 rings (SSSR count). The maximum Gasteiger partial charge on any atom is 1.00 e. The molecular formula is C20H41KO4S. The first-order valence-electron chi connectivity index (χ1n) is 10.5. The molecule has 0 aromatic rings. The first-order chi connectivity index (χ1) is 11.9. The fraction of sp³-hybridized carbons (Fsp3) is 1.00. The average molecular weight is 417 g/mol. The van der Waals surface area contributed by atoms with Gasteiger partial charge in [0.1, 0.15) is 0 Å². The van der Waals surface area contributed by atoms with Crippen LogP contribution in [0.2, 0.25) is 0 Å². The van der Waals surface area contributed by atoms with Gasteiger partial charge in [0, 0.05) is 5.25 Å². The Labute approximate surface area is 205 Å². The largest absolute Gasteiger partial charge is 1.00 e. The number of hydrogen-bond donors (Lipinski definition) is 1. The average Bonchev–Trinajstić information content (AvgIpc) is 2.56. The summed E-state index contributed by atoms with van der Waals surface area (Å²) in [6.45, 7) is 3.95. The molecule has 4 nitrogen and oxygen atoms in total. The van der Waals surface area contributed by atoms with Crippen LogP contribution in [0.3, 0.4) is 0 Å². The minimum atomic E-state index is -4.11. The summed E-state index contributed by atoms with van der Waals surface area (Å²) >= 11 is 0. The van der Waals surface area contributed by atoms with Gasteiger partial charge >= 0.3 is 51.4 Å². The second kappa shape index (κ2) is 19.8. The fourth-order valence-electron chi connectivity index (χ4n) is 3.30. The van der Waals surface area contributed by atoms with Gasteiger partial charge in [0.05, 0.1) is 16.2 Å². The van der Waals surface area contributed by atoms with Gasteiger partial charge < -0.3 is 9.66 Å². The number of aliphatic hydroxyl groups is 1. The Balaban J connectivity index is 0. The van der Waals surface area contributed by atoms with Crippen LogP contribution in [0.25, 0.3) is 0 Å². The Morgan fingerprint density at radius 2 is 1.12 bits per heavy atom. The van der Waals surface area contributed by atoms with Gasteiger partial charge in [-0.3, -0.25) is 0 Å². The molecule has 0 fully saturated rings. The molecule has 1 N–H and O–H groups in total. The first kappa shape index (κ1) is 29.7. The van der Waals surface area contributed by atoms with Crippen LogP contribution in [0.4, 0.5) is 0 Å². The van der Waals surface area contributed by atoms with Gasteiger partial charge in [0.2, 0.25) is 0 Å². The van der Waals surface area contributed by atoms with E-state index in [-0.39, 0.29) is 57.5 Å². The Hall–Kier alpha value is 1.51. The van der Waals surface area contributed by atoms with Gasteiger partial charge in [-0.15, -0.1) is 0 Å². The molecule has 0 saturated carbocycles. The van der Waals surface area contributed by atoms with Crippen molar-refractivity contribution in [1.29, 1.82) is 0 Å². The number of unbranched alkanes of at least 4 members (excludes halogenated alkanes) is 10. The van der Waals surface area contributed by atoms with Crippen LogP contribution in [0.1, 0.15) is 117 Å². The summed E-state index contributed by atoms with van der Waals surface area (Å²) in [5.41, 5.74) is 0. The Morgan fingerprint density at radius 1 is 0.731 bits per heavy atom. The molecular weight excluding hydrogens is 375 g/mol. The van der Waals surface area contributed by atoms with Crippen molar-refractivity contribution in [2.24, 2.45) is 0 Å². The van der Waals surface area contributed by atoms with E-state index in [4.69, 9.17) is 0 Å². The summed E-state index contributed by atoms with van der Waals surface area (Å²) in [5, 5.41) is 8.80. The molecule has 0 saturated heterocycles. The van der Waals surface area contributed by atoms with Gasteiger partial charge in [-0.1, -0.05) is 90.9 Å². The number of rotatable bonds is 18. The zero-order valence-corrected chi connectivity index (χ0v) is 21.5. The zero-order chi connectivity index (χ0) is 19.0. The molecule has 6 heteroatoms. The van der Waals surface area contributed by atoms with Crippen molar-refractivity contribution in [3.8, 4) is 0 Å².